The standard InChI is InChI=1S/C20H25N3O2/c1-5-16-17(11(4)23-25-16)13-8-14(19(24)10(2)3)18-15(9-13)21-20(22-18)12-6-7-12/h8-10,12,19,24H,5-7H2,1-4H3,(H,21,22). The van der Waals surface area contributed by atoms with E-state index in [2.05, 4.69) is 29.2 Å². The summed E-state index contributed by atoms with van der Waals surface area (Å²) in [5.41, 5.74) is 5.69. The first kappa shape index (κ1) is 16.3. The summed E-state index contributed by atoms with van der Waals surface area (Å²) in [5, 5.41) is 14.9. The molecule has 25 heavy (non-hydrogen) atoms. The number of fused-ring (bicyclic) bond motifs is 1. The zero-order valence-electron chi connectivity index (χ0n) is 15.3. The molecule has 4 rings (SSSR count). The van der Waals surface area contributed by atoms with Crippen LogP contribution in [0.25, 0.3) is 22.2 Å². The SMILES string of the molecule is CCc1onc(C)c1-c1cc(C(O)C(C)C)c2nc(C3CC3)[nH]c2c1. The maximum Gasteiger partial charge on any atom is 0.144 e. The number of aliphatic hydroxyl groups excluding tert-OH is 1. The summed E-state index contributed by atoms with van der Waals surface area (Å²) in [6.45, 7) is 8.08. The van der Waals surface area contributed by atoms with Gasteiger partial charge in [0, 0.05) is 23.5 Å². The molecule has 2 N–H and O–H groups in total. The van der Waals surface area contributed by atoms with Gasteiger partial charge < -0.3 is 14.6 Å². The number of aryl methyl sites for hydroxylation is 2. The Labute approximate surface area is 147 Å². The number of aromatic amines is 1. The zero-order valence-corrected chi connectivity index (χ0v) is 15.3. The van der Waals surface area contributed by atoms with Crippen LogP contribution in [0, 0.1) is 12.8 Å². The van der Waals surface area contributed by atoms with Gasteiger partial charge in [0.2, 0.25) is 0 Å². The van der Waals surface area contributed by atoms with Crippen LogP contribution in [0.3, 0.4) is 0 Å². The summed E-state index contributed by atoms with van der Waals surface area (Å²) in [4.78, 5) is 8.29. The Morgan fingerprint density at radius 3 is 2.72 bits per heavy atom. The number of benzene rings is 1. The van der Waals surface area contributed by atoms with E-state index < -0.39 is 6.10 Å². The fourth-order valence-corrected chi connectivity index (χ4v) is 3.47. The minimum Gasteiger partial charge on any atom is -0.388 e. The molecule has 3 aromatic rings. The van der Waals surface area contributed by atoms with Crippen molar-refractivity contribution < 1.29 is 9.63 Å². The average Bonchev–Trinajstić information content (AvgIpc) is 3.24. The molecule has 5 heteroatoms. The first-order chi connectivity index (χ1) is 12.0. The molecule has 2 heterocycles. The second-order valence-corrected chi connectivity index (χ2v) is 7.47. The largest absolute Gasteiger partial charge is 0.388 e. The van der Waals surface area contributed by atoms with E-state index in [1.807, 2.05) is 20.8 Å². The molecule has 2 aromatic heterocycles. The summed E-state index contributed by atoms with van der Waals surface area (Å²) in [7, 11) is 0. The molecular weight excluding hydrogens is 314 g/mol. The number of aromatic nitrogens is 3. The molecule has 1 aromatic carbocycles. The predicted octanol–water partition coefficient (Wildman–Crippen LogP) is 4.66. The molecule has 1 saturated carbocycles. The van der Waals surface area contributed by atoms with Gasteiger partial charge in [-0.05, 0) is 43.4 Å². The van der Waals surface area contributed by atoms with Crippen LogP contribution in [0.4, 0.5) is 0 Å². The maximum absolute atomic E-state index is 10.8. The number of H-pyrrole nitrogens is 1. The smallest absolute Gasteiger partial charge is 0.144 e. The van der Waals surface area contributed by atoms with Gasteiger partial charge in [0.25, 0.3) is 0 Å². The monoisotopic (exact) mass is 339 g/mol. The van der Waals surface area contributed by atoms with Gasteiger partial charge in [-0.2, -0.15) is 0 Å². The third kappa shape index (κ3) is 2.76. The molecule has 0 amide bonds. The van der Waals surface area contributed by atoms with Crippen molar-refractivity contribution in [3.05, 3.63) is 35.0 Å². The van der Waals surface area contributed by atoms with Gasteiger partial charge in [0.1, 0.15) is 11.6 Å². The highest BCUT2D eigenvalue weighted by Crippen LogP contribution is 2.41. The van der Waals surface area contributed by atoms with Crippen molar-refractivity contribution in [1.82, 2.24) is 15.1 Å². The van der Waals surface area contributed by atoms with Crippen molar-refractivity contribution in [3.8, 4) is 11.1 Å². The molecule has 5 nitrogen and oxygen atoms in total. The van der Waals surface area contributed by atoms with E-state index in [1.165, 1.54) is 12.8 Å². The fourth-order valence-electron chi connectivity index (χ4n) is 3.47. The molecule has 0 aliphatic heterocycles. The minimum absolute atomic E-state index is 0.119. The van der Waals surface area contributed by atoms with Gasteiger partial charge in [-0.3, -0.25) is 0 Å². The number of nitrogens with zero attached hydrogens (tertiary/aromatic N) is 2. The summed E-state index contributed by atoms with van der Waals surface area (Å²) in [5.74, 6) is 2.59. The normalized spacial score (nSPS) is 16.1. The Balaban J connectivity index is 1.94. The lowest BCUT2D eigenvalue weighted by molar-refractivity contribution is 0.128. The molecule has 1 unspecified atom stereocenters. The number of rotatable bonds is 5. The summed E-state index contributed by atoms with van der Waals surface area (Å²) in [6.07, 6.45) is 2.62. The lowest BCUT2D eigenvalue weighted by Crippen LogP contribution is -2.06. The minimum atomic E-state index is -0.553. The van der Waals surface area contributed by atoms with Crippen LogP contribution in [-0.2, 0) is 6.42 Å². The van der Waals surface area contributed by atoms with Crippen LogP contribution >= 0.6 is 0 Å². The van der Waals surface area contributed by atoms with E-state index >= 15 is 0 Å². The van der Waals surface area contributed by atoms with Crippen LogP contribution in [0.2, 0.25) is 0 Å². The van der Waals surface area contributed by atoms with E-state index in [-0.39, 0.29) is 5.92 Å². The highest BCUT2D eigenvalue weighted by atomic mass is 16.5. The first-order valence-corrected chi connectivity index (χ1v) is 9.16. The van der Waals surface area contributed by atoms with Crippen LogP contribution < -0.4 is 0 Å². The van der Waals surface area contributed by atoms with Crippen molar-refractivity contribution in [3.63, 3.8) is 0 Å². The molecule has 1 fully saturated rings. The van der Waals surface area contributed by atoms with Gasteiger partial charge >= 0.3 is 0 Å². The van der Waals surface area contributed by atoms with Gasteiger partial charge in [0.05, 0.1) is 22.8 Å². The van der Waals surface area contributed by atoms with Crippen LogP contribution in [0.1, 0.15) is 68.5 Å². The van der Waals surface area contributed by atoms with Gasteiger partial charge in [-0.15, -0.1) is 0 Å². The topological polar surface area (TPSA) is 74.9 Å². The Hall–Kier alpha value is -2.14. The Bertz CT molecular complexity index is 919. The lowest BCUT2D eigenvalue weighted by Gasteiger charge is -2.16. The van der Waals surface area contributed by atoms with E-state index in [1.54, 1.807) is 0 Å². The molecule has 1 aliphatic rings. The Kier molecular flexibility index (Phi) is 3.91. The Morgan fingerprint density at radius 1 is 1.32 bits per heavy atom. The summed E-state index contributed by atoms with van der Waals surface area (Å²) in [6, 6.07) is 4.17. The fraction of sp³-hybridized carbons (Fsp3) is 0.500. The van der Waals surface area contributed by atoms with Gasteiger partial charge in [0.15, 0.2) is 0 Å². The molecule has 0 radical (unpaired) electrons. The van der Waals surface area contributed by atoms with E-state index in [0.717, 1.165) is 51.4 Å². The predicted molar refractivity (Wildman–Crippen MR) is 97.5 cm³/mol. The number of imidazole rings is 1. The number of aliphatic hydroxyl groups is 1. The third-order valence-corrected chi connectivity index (χ3v) is 5.09. The molecule has 0 spiro atoms. The number of nitrogens with one attached hydrogen (secondary N) is 1. The van der Waals surface area contributed by atoms with Crippen molar-refractivity contribution in [1.29, 1.82) is 0 Å². The molecule has 0 saturated heterocycles. The van der Waals surface area contributed by atoms with E-state index in [4.69, 9.17) is 9.51 Å². The Morgan fingerprint density at radius 2 is 2.08 bits per heavy atom. The van der Waals surface area contributed by atoms with Gasteiger partial charge in [-0.25, -0.2) is 4.98 Å². The van der Waals surface area contributed by atoms with Crippen LogP contribution in [0.15, 0.2) is 16.7 Å². The van der Waals surface area contributed by atoms with Crippen molar-refractivity contribution in [2.75, 3.05) is 0 Å². The molecule has 1 aliphatic carbocycles. The molecular formula is C20H25N3O2. The second-order valence-electron chi connectivity index (χ2n) is 7.47. The first-order valence-electron chi connectivity index (χ1n) is 9.16. The third-order valence-electron chi connectivity index (χ3n) is 5.09. The highest BCUT2D eigenvalue weighted by Gasteiger charge is 2.28. The maximum atomic E-state index is 10.8. The highest BCUT2D eigenvalue weighted by molar-refractivity contribution is 5.86. The quantitative estimate of drug-likeness (QED) is 0.709. The van der Waals surface area contributed by atoms with Crippen molar-refractivity contribution in [2.24, 2.45) is 5.92 Å². The van der Waals surface area contributed by atoms with E-state index in [9.17, 15) is 5.11 Å². The average molecular weight is 339 g/mol. The van der Waals surface area contributed by atoms with Gasteiger partial charge in [-0.1, -0.05) is 25.9 Å². The number of hydrogen-bond acceptors (Lipinski definition) is 4. The van der Waals surface area contributed by atoms with E-state index in [0.29, 0.717) is 5.92 Å². The van der Waals surface area contributed by atoms with Crippen molar-refractivity contribution >= 4 is 11.0 Å². The summed E-state index contributed by atoms with van der Waals surface area (Å²) < 4.78 is 5.47. The molecule has 1 atom stereocenters. The second kappa shape index (κ2) is 5.99. The lowest BCUT2D eigenvalue weighted by atomic mass is 9.93. The van der Waals surface area contributed by atoms with Crippen LogP contribution in [0.5, 0.6) is 0 Å². The number of hydrogen-bond donors (Lipinski definition) is 2. The van der Waals surface area contributed by atoms with Crippen molar-refractivity contribution in [2.45, 2.75) is 59.0 Å². The molecule has 0 bridgehead atoms. The molecule has 132 valence electrons. The summed E-state index contributed by atoms with van der Waals surface area (Å²) >= 11 is 0. The zero-order chi connectivity index (χ0) is 17.7. The van der Waals surface area contributed by atoms with Crippen LogP contribution in [-0.4, -0.2) is 20.2 Å².